The minimum atomic E-state index is -0.581. The molecule has 134 valence electrons. The summed E-state index contributed by atoms with van der Waals surface area (Å²) in [5.41, 5.74) is -1.04. The number of rotatable bonds is 6. The average molecular weight is 330 g/mol. The van der Waals surface area contributed by atoms with E-state index in [0.29, 0.717) is 33.0 Å². The van der Waals surface area contributed by atoms with Gasteiger partial charge in [-0.3, -0.25) is 0 Å². The molecule has 0 radical (unpaired) electrons. The molecule has 6 nitrogen and oxygen atoms in total. The van der Waals surface area contributed by atoms with Gasteiger partial charge in [-0.05, 0) is 13.8 Å². The monoisotopic (exact) mass is 330 g/mol. The van der Waals surface area contributed by atoms with Crippen LogP contribution in [0.2, 0.25) is 0 Å². The Bertz CT molecular complexity index is 388. The molecule has 0 unspecified atom stereocenters. The van der Waals surface area contributed by atoms with Crippen LogP contribution in [0, 0.1) is 10.8 Å². The van der Waals surface area contributed by atoms with Crippen molar-refractivity contribution in [2.75, 3.05) is 40.1 Å². The fourth-order valence-electron chi connectivity index (χ4n) is 2.92. The van der Waals surface area contributed by atoms with Crippen LogP contribution < -0.4 is 0 Å². The molecule has 0 aromatic rings. The van der Waals surface area contributed by atoms with E-state index in [2.05, 4.69) is 20.4 Å². The molecule has 23 heavy (non-hydrogen) atoms. The first kappa shape index (κ1) is 18.7. The number of methoxy groups -OCH3 is 1. The second-order valence-electron chi connectivity index (χ2n) is 7.72. The van der Waals surface area contributed by atoms with Crippen LogP contribution in [0.15, 0.2) is 12.8 Å². The molecular weight excluding hydrogens is 300 g/mol. The minimum Gasteiger partial charge on any atom is -0.491 e. The molecule has 2 fully saturated rings. The smallest absolute Gasteiger partial charge is 0.197 e. The van der Waals surface area contributed by atoms with Gasteiger partial charge in [-0.15, -0.1) is 0 Å². The SMILES string of the molecule is C=COC(C)(C)C1OCC2(COC(C(C)(C)COC)OC2)CO1. The first-order chi connectivity index (χ1) is 10.7. The second-order valence-corrected chi connectivity index (χ2v) is 7.72. The van der Waals surface area contributed by atoms with Crippen molar-refractivity contribution in [3.63, 3.8) is 0 Å². The molecule has 0 bridgehead atoms. The van der Waals surface area contributed by atoms with E-state index in [9.17, 15) is 0 Å². The van der Waals surface area contributed by atoms with Gasteiger partial charge in [-0.1, -0.05) is 20.4 Å². The Kier molecular flexibility index (Phi) is 5.74. The third kappa shape index (κ3) is 4.25. The molecule has 2 saturated heterocycles. The standard InChI is InChI=1S/C17H30O6/c1-7-23-16(4,5)14-21-11-17(12-22-14)9-19-13(20-10-17)15(2,3)8-18-6/h7,13-14H,1,8-12H2,2-6H3. The quantitative estimate of drug-likeness (QED) is 0.697. The van der Waals surface area contributed by atoms with Crippen molar-refractivity contribution in [1.82, 2.24) is 0 Å². The van der Waals surface area contributed by atoms with E-state index in [0.717, 1.165) is 0 Å². The van der Waals surface area contributed by atoms with E-state index in [1.54, 1.807) is 7.11 Å². The largest absolute Gasteiger partial charge is 0.491 e. The van der Waals surface area contributed by atoms with Crippen LogP contribution >= 0.6 is 0 Å². The maximum absolute atomic E-state index is 5.95. The highest BCUT2D eigenvalue weighted by atomic mass is 16.7. The third-order valence-electron chi connectivity index (χ3n) is 4.27. The summed E-state index contributed by atoms with van der Waals surface area (Å²) in [7, 11) is 1.68. The van der Waals surface area contributed by atoms with E-state index in [1.165, 1.54) is 6.26 Å². The van der Waals surface area contributed by atoms with Gasteiger partial charge in [0.05, 0.1) is 44.7 Å². The van der Waals surface area contributed by atoms with Gasteiger partial charge in [0.2, 0.25) is 0 Å². The zero-order valence-corrected chi connectivity index (χ0v) is 14.9. The van der Waals surface area contributed by atoms with Crippen LogP contribution in [0.1, 0.15) is 27.7 Å². The Morgan fingerprint density at radius 1 is 1.00 bits per heavy atom. The van der Waals surface area contributed by atoms with E-state index in [1.807, 2.05) is 13.8 Å². The van der Waals surface area contributed by atoms with Gasteiger partial charge in [-0.2, -0.15) is 0 Å². The second kappa shape index (κ2) is 7.07. The lowest BCUT2D eigenvalue weighted by atomic mass is 9.87. The van der Waals surface area contributed by atoms with Gasteiger partial charge >= 0.3 is 0 Å². The van der Waals surface area contributed by atoms with Gasteiger partial charge in [0.15, 0.2) is 18.2 Å². The van der Waals surface area contributed by atoms with Gasteiger partial charge in [0, 0.05) is 12.5 Å². The van der Waals surface area contributed by atoms with Gasteiger partial charge in [0.25, 0.3) is 0 Å². The van der Waals surface area contributed by atoms with E-state index < -0.39 is 11.9 Å². The van der Waals surface area contributed by atoms with E-state index in [4.69, 9.17) is 28.4 Å². The van der Waals surface area contributed by atoms with Crippen molar-refractivity contribution in [3.05, 3.63) is 12.8 Å². The fourth-order valence-corrected chi connectivity index (χ4v) is 2.92. The predicted octanol–water partition coefficient (Wildman–Crippen LogP) is 2.33. The Morgan fingerprint density at radius 2 is 1.48 bits per heavy atom. The number of ether oxygens (including phenoxy) is 6. The first-order valence-corrected chi connectivity index (χ1v) is 7.99. The maximum Gasteiger partial charge on any atom is 0.197 e. The molecule has 2 aliphatic rings. The van der Waals surface area contributed by atoms with Crippen LogP contribution in [-0.4, -0.2) is 58.3 Å². The lowest BCUT2D eigenvalue weighted by Gasteiger charge is -2.48. The molecule has 1 spiro atoms. The highest BCUT2D eigenvalue weighted by Gasteiger charge is 2.48. The van der Waals surface area contributed by atoms with Crippen molar-refractivity contribution in [2.45, 2.75) is 45.9 Å². The van der Waals surface area contributed by atoms with Crippen LogP contribution in [0.25, 0.3) is 0 Å². The molecular formula is C17H30O6. The summed E-state index contributed by atoms with van der Waals surface area (Å²) >= 11 is 0. The lowest BCUT2D eigenvalue weighted by molar-refractivity contribution is -0.341. The highest BCUT2D eigenvalue weighted by molar-refractivity contribution is 4.89. The van der Waals surface area contributed by atoms with E-state index in [-0.39, 0.29) is 17.1 Å². The zero-order chi connectivity index (χ0) is 17.1. The number of hydrogen-bond acceptors (Lipinski definition) is 6. The van der Waals surface area contributed by atoms with Gasteiger partial charge in [0.1, 0.15) is 0 Å². The van der Waals surface area contributed by atoms with Gasteiger partial charge < -0.3 is 28.4 Å². The molecule has 0 saturated carbocycles. The third-order valence-corrected chi connectivity index (χ3v) is 4.27. The van der Waals surface area contributed by atoms with Crippen LogP contribution in [-0.2, 0) is 28.4 Å². The maximum atomic E-state index is 5.95. The summed E-state index contributed by atoms with van der Waals surface area (Å²) in [5.74, 6) is 0. The Balaban J connectivity index is 1.87. The number of hydrogen-bond donors (Lipinski definition) is 0. The molecule has 0 amide bonds. The molecule has 0 aromatic heterocycles. The van der Waals surface area contributed by atoms with Crippen LogP contribution in [0.4, 0.5) is 0 Å². The summed E-state index contributed by atoms with van der Waals surface area (Å²) < 4.78 is 34.4. The highest BCUT2D eigenvalue weighted by Crippen LogP contribution is 2.37. The van der Waals surface area contributed by atoms with Crippen molar-refractivity contribution in [3.8, 4) is 0 Å². The lowest BCUT2D eigenvalue weighted by Crippen LogP contribution is -2.57. The predicted molar refractivity (Wildman–Crippen MR) is 84.8 cm³/mol. The molecule has 6 heteroatoms. The summed E-state index contributed by atoms with van der Waals surface area (Å²) in [5, 5.41) is 0. The van der Waals surface area contributed by atoms with E-state index >= 15 is 0 Å². The Labute approximate surface area is 139 Å². The molecule has 0 aromatic carbocycles. The molecule has 2 aliphatic heterocycles. The normalized spacial score (nSPS) is 32.7. The summed E-state index contributed by atoms with van der Waals surface area (Å²) in [6, 6.07) is 0. The summed E-state index contributed by atoms with van der Waals surface area (Å²) in [6.07, 6.45) is 0.687. The summed E-state index contributed by atoms with van der Waals surface area (Å²) in [6.45, 7) is 14.2. The van der Waals surface area contributed by atoms with Gasteiger partial charge in [-0.25, -0.2) is 0 Å². The van der Waals surface area contributed by atoms with Crippen molar-refractivity contribution < 1.29 is 28.4 Å². The zero-order valence-electron chi connectivity index (χ0n) is 14.9. The Hall–Kier alpha value is -0.660. The van der Waals surface area contributed by atoms with Crippen molar-refractivity contribution in [2.24, 2.45) is 10.8 Å². The van der Waals surface area contributed by atoms with Crippen LogP contribution in [0.3, 0.4) is 0 Å². The first-order valence-electron chi connectivity index (χ1n) is 7.99. The molecule has 0 atom stereocenters. The van der Waals surface area contributed by atoms with Crippen LogP contribution in [0.5, 0.6) is 0 Å². The molecule has 2 heterocycles. The minimum absolute atomic E-state index is 0.199. The average Bonchev–Trinajstić information content (AvgIpc) is 2.48. The molecule has 2 rings (SSSR count). The molecule has 0 N–H and O–H groups in total. The van der Waals surface area contributed by atoms with Crippen molar-refractivity contribution >= 4 is 0 Å². The fraction of sp³-hybridized carbons (Fsp3) is 0.882. The Morgan fingerprint density at radius 3 is 1.91 bits per heavy atom. The summed E-state index contributed by atoms with van der Waals surface area (Å²) in [4.78, 5) is 0. The topological polar surface area (TPSA) is 55.4 Å². The molecule has 0 aliphatic carbocycles. The van der Waals surface area contributed by atoms with Crippen molar-refractivity contribution in [1.29, 1.82) is 0 Å².